The summed E-state index contributed by atoms with van der Waals surface area (Å²) in [6.45, 7) is 13.0. The van der Waals surface area contributed by atoms with Crippen molar-refractivity contribution in [1.82, 2.24) is 24.9 Å². The van der Waals surface area contributed by atoms with Crippen LogP contribution in [0.15, 0.2) is 24.3 Å². The third kappa shape index (κ3) is 7.91. The molecule has 10 nitrogen and oxygen atoms in total. The van der Waals surface area contributed by atoms with Gasteiger partial charge in [0.2, 0.25) is 17.7 Å². The van der Waals surface area contributed by atoms with E-state index < -0.39 is 17.5 Å². The lowest BCUT2D eigenvalue weighted by Crippen LogP contribution is -2.61. The van der Waals surface area contributed by atoms with Gasteiger partial charge in [-0.05, 0) is 94.0 Å². The molecule has 3 fully saturated rings. The zero-order chi connectivity index (χ0) is 34.7. The maximum absolute atomic E-state index is 14.2. The molecule has 48 heavy (non-hydrogen) atoms. The van der Waals surface area contributed by atoms with Gasteiger partial charge in [-0.15, -0.1) is 0 Å². The van der Waals surface area contributed by atoms with Crippen molar-refractivity contribution in [3.05, 3.63) is 35.4 Å². The molecule has 0 spiro atoms. The molecule has 0 radical (unpaired) electrons. The standard InChI is InChI=1S/C38H59N5O5/c1-25(2)31(41(7)36(46)33(38(3,4)5)39-34(44)28-16-10-11-21-40(28)6)24-42-22-12-17-29(42)35(45)43-23-13-18-30(43)37(47)48-32-20-19-26-14-8-9-15-27(26)32/h8-9,14-15,25,28-33H,10-13,16-24H2,1-7H3,(H,39,44)/t28-,29+,30+,31-,32-,33-/m1/s1. The van der Waals surface area contributed by atoms with Gasteiger partial charge in [0.05, 0.1) is 12.1 Å². The molecular formula is C38H59N5O5. The number of carbonyl (C=O) groups excluding carboxylic acids is 4. The molecule has 3 saturated heterocycles. The molecule has 4 aliphatic rings. The van der Waals surface area contributed by atoms with E-state index in [2.05, 4.69) is 35.0 Å². The Balaban J connectivity index is 1.24. The molecule has 0 bridgehead atoms. The second-order valence-corrected chi connectivity index (χ2v) is 16.1. The highest BCUT2D eigenvalue weighted by Gasteiger charge is 2.44. The number of ether oxygens (including phenoxy) is 1. The topological polar surface area (TPSA) is 103 Å². The number of rotatable bonds is 10. The minimum absolute atomic E-state index is 0.00769. The Morgan fingerprint density at radius 2 is 1.60 bits per heavy atom. The van der Waals surface area contributed by atoms with Crippen LogP contribution in [0.3, 0.4) is 0 Å². The Hall–Kier alpha value is -2.98. The predicted octanol–water partition coefficient (Wildman–Crippen LogP) is 4.17. The fourth-order valence-electron chi connectivity index (χ4n) is 8.33. The van der Waals surface area contributed by atoms with E-state index in [4.69, 9.17) is 4.74 Å². The Morgan fingerprint density at radius 3 is 2.31 bits per heavy atom. The van der Waals surface area contributed by atoms with Gasteiger partial charge >= 0.3 is 5.97 Å². The SMILES string of the molecule is CC(C)[C@@H](CN1CCC[C@H]1C(=O)N1CCC[C@H]1C(=O)O[C@@H]1CCc2ccccc21)N(C)C(=O)[C@@H](NC(=O)[C@H]1CCCCN1C)C(C)(C)C. The quantitative estimate of drug-likeness (QED) is 0.375. The van der Waals surface area contributed by atoms with E-state index >= 15 is 0 Å². The van der Waals surface area contributed by atoms with Crippen molar-refractivity contribution in [3.63, 3.8) is 0 Å². The van der Waals surface area contributed by atoms with Crippen LogP contribution >= 0.6 is 0 Å². The maximum Gasteiger partial charge on any atom is 0.329 e. The van der Waals surface area contributed by atoms with E-state index in [0.29, 0.717) is 19.5 Å². The summed E-state index contributed by atoms with van der Waals surface area (Å²) >= 11 is 0. The molecule has 6 atom stereocenters. The van der Waals surface area contributed by atoms with Crippen LogP contribution in [0, 0.1) is 11.3 Å². The second kappa shape index (κ2) is 15.3. The molecule has 1 aliphatic carbocycles. The van der Waals surface area contributed by atoms with Crippen LogP contribution in [0.5, 0.6) is 0 Å². The number of piperidine rings is 1. The molecule has 266 valence electrons. The lowest BCUT2D eigenvalue weighted by molar-refractivity contribution is -0.159. The van der Waals surface area contributed by atoms with Crippen molar-refractivity contribution in [2.75, 3.05) is 40.3 Å². The third-order valence-electron chi connectivity index (χ3n) is 11.3. The number of fused-ring (bicyclic) bond motifs is 1. The molecule has 5 rings (SSSR count). The molecule has 1 aromatic rings. The van der Waals surface area contributed by atoms with Gasteiger partial charge < -0.3 is 19.9 Å². The van der Waals surface area contributed by atoms with Crippen molar-refractivity contribution in [2.24, 2.45) is 11.3 Å². The van der Waals surface area contributed by atoms with Crippen LogP contribution < -0.4 is 5.32 Å². The molecule has 3 aliphatic heterocycles. The van der Waals surface area contributed by atoms with Crippen molar-refractivity contribution in [1.29, 1.82) is 0 Å². The largest absolute Gasteiger partial charge is 0.456 e. The van der Waals surface area contributed by atoms with E-state index in [9.17, 15) is 19.2 Å². The maximum atomic E-state index is 14.2. The monoisotopic (exact) mass is 665 g/mol. The van der Waals surface area contributed by atoms with Gasteiger partial charge in [-0.1, -0.05) is 65.3 Å². The normalized spacial score (nSPS) is 26.3. The summed E-state index contributed by atoms with van der Waals surface area (Å²) in [7, 11) is 3.82. The molecule has 1 N–H and O–H groups in total. The summed E-state index contributed by atoms with van der Waals surface area (Å²) in [5, 5.41) is 3.15. The predicted molar refractivity (Wildman–Crippen MR) is 186 cm³/mol. The van der Waals surface area contributed by atoms with Gasteiger partial charge in [0.1, 0.15) is 18.2 Å². The molecule has 3 amide bonds. The molecule has 3 heterocycles. The first-order valence-electron chi connectivity index (χ1n) is 18.4. The minimum Gasteiger partial charge on any atom is -0.456 e. The number of amides is 3. The molecule has 0 saturated carbocycles. The number of likely N-dealkylation sites (tertiary alicyclic amines) is 3. The van der Waals surface area contributed by atoms with Gasteiger partial charge in [-0.3, -0.25) is 24.2 Å². The molecule has 0 unspecified atom stereocenters. The van der Waals surface area contributed by atoms with E-state index in [1.165, 1.54) is 5.56 Å². The smallest absolute Gasteiger partial charge is 0.329 e. The fourth-order valence-corrected chi connectivity index (χ4v) is 8.33. The second-order valence-electron chi connectivity index (χ2n) is 16.1. The van der Waals surface area contributed by atoms with Gasteiger partial charge in [0.15, 0.2) is 0 Å². The summed E-state index contributed by atoms with van der Waals surface area (Å²) in [6, 6.07) is 6.17. The van der Waals surface area contributed by atoms with Gasteiger partial charge in [-0.2, -0.15) is 0 Å². The first-order valence-corrected chi connectivity index (χ1v) is 18.4. The zero-order valence-corrected chi connectivity index (χ0v) is 30.4. The number of esters is 1. The molecule has 10 heteroatoms. The van der Waals surface area contributed by atoms with E-state index in [1.54, 1.807) is 9.80 Å². The first kappa shape index (κ1) is 36.3. The highest BCUT2D eigenvalue weighted by atomic mass is 16.5. The highest BCUT2D eigenvalue weighted by Crippen LogP contribution is 2.35. The summed E-state index contributed by atoms with van der Waals surface area (Å²) in [5.74, 6) is -0.370. The lowest BCUT2D eigenvalue weighted by Gasteiger charge is -2.41. The van der Waals surface area contributed by atoms with E-state index in [-0.39, 0.29) is 53.8 Å². The van der Waals surface area contributed by atoms with Crippen molar-refractivity contribution in [3.8, 4) is 0 Å². The average Bonchev–Trinajstić information content (AvgIpc) is 3.81. The number of carbonyl (C=O) groups is 4. The number of nitrogens with one attached hydrogen (secondary N) is 1. The number of hydrogen-bond acceptors (Lipinski definition) is 7. The van der Waals surface area contributed by atoms with Crippen LogP contribution in [0.25, 0.3) is 0 Å². The highest BCUT2D eigenvalue weighted by molar-refractivity contribution is 5.91. The van der Waals surface area contributed by atoms with Crippen LogP contribution in [-0.4, -0.2) is 114 Å². The number of hydrogen-bond donors (Lipinski definition) is 1. The summed E-state index contributed by atoms with van der Waals surface area (Å²) in [4.78, 5) is 63.2. The van der Waals surface area contributed by atoms with Crippen LogP contribution in [0.4, 0.5) is 0 Å². The Morgan fingerprint density at radius 1 is 0.917 bits per heavy atom. The molecular weight excluding hydrogens is 606 g/mol. The minimum atomic E-state index is -0.675. The number of nitrogens with zero attached hydrogens (tertiary/aromatic N) is 4. The number of aryl methyl sites for hydroxylation is 1. The lowest BCUT2D eigenvalue weighted by atomic mass is 9.84. The van der Waals surface area contributed by atoms with Crippen molar-refractivity contribution < 1.29 is 23.9 Å². The van der Waals surface area contributed by atoms with E-state index in [1.807, 2.05) is 53.1 Å². The van der Waals surface area contributed by atoms with Crippen molar-refractivity contribution >= 4 is 23.7 Å². The van der Waals surface area contributed by atoms with Crippen molar-refractivity contribution in [2.45, 2.75) is 129 Å². The van der Waals surface area contributed by atoms with Crippen LogP contribution in [0.2, 0.25) is 0 Å². The Bertz CT molecular complexity index is 1330. The Kier molecular flexibility index (Phi) is 11.6. The zero-order valence-electron chi connectivity index (χ0n) is 30.4. The summed E-state index contributed by atoms with van der Waals surface area (Å²) in [6.07, 6.45) is 7.33. The van der Waals surface area contributed by atoms with Crippen LogP contribution in [-0.2, 0) is 30.3 Å². The first-order chi connectivity index (χ1) is 22.8. The van der Waals surface area contributed by atoms with Crippen LogP contribution in [0.1, 0.15) is 103 Å². The number of likely N-dealkylation sites (N-methyl/N-ethyl adjacent to an activating group) is 2. The Labute approximate surface area is 287 Å². The van der Waals surface area contributed by atoms with Gasteiger partial charge in [0.25, 0.3) is 0 Å². The summed E-state index contributed by atoms with van der Waals surface area (Å²) in [5.41, 5.74) is 1.83. The summed E-state index contributed by atoms with van der Waals surface area (Å²) < 4.78 is 6.04. The average molecular weight is 666 g/mol. The van der Waals surface area contributed by atoms with Gasteiger partial charge in [0, 0.05) is 26.2 Å². The third-order valence-corrected chi connectivity index (χ3v) is 11.3. The molecule has 0 aromatic heterocycles. The van der Waals surface area contributed by atoms with Gasteiger partial charge in [-0.25, -0.2) is 4.79 Å². The fraction of sp³-hybridized carbons (Fsp3) is 0.737. The molecule has 1 aromatic carbocycles. The van der Waals surface area contributed by atoms with E-state index in [0.717, 1.165) is 70.0 Å². The number of benzene rings is 1.